The number of pyridine rings is 1. The number of amides is 1. The average Bonchev–Trinajstić information content (AvgIpc) is 3.04. The van der Waals surface area contributed by atoms with Gasteiger partial charge in [-0.25, -0.2) is 4.79 Å². The minimum atomic E-state index is -5.23. The van der Waals surface area contributed by atoms with E-state index in [4.69, 9.17) is 0 Å². The van der Waals surface area contributed by atoms with Gasteiger partial charge in [-0.1, -0.05) is 48.5 Å². The number of carboxylic acid groups (broad SMARTS) is 1. The van der Waals surface area contributed by atoms with Crippen LogP contribution < -0.4 is 10.9 Å². The van der Waals surface area contributed by atoms with E-state index in [-0.39, 0.29) is 32.8 Å². The van der Waals surface area contributed by atoms with E-state index in [1.54, 1.807) is 14.1 Å². The monoisotopic (exact) mass is 758 g/mol. The number of fused-ring (bicyclic) bond motifs is 2. The van der Waals surface area contributed by atoms with Crippen molar-refractivity contribution < 1.29 is 54.2 Å². The summed E-state index contributed by atoms with van der Waals surface area (Å²) < 4.78 is 128. The molecule has 4 aromatic rings. The molecule has 17 heteroatoms. The van der Waals surface area contributed by atoms with Crippen LogP contribution in [0.3, 0.4) is 0 Å². The Hall–Kier alpha value is -4.64. The maximum Gasteiger partial charge on any atom is 0.417 e. The number of carboxylic acids is 1. The standard InChI is InChI=1S/C36H35F9N4O4/c1-47(2)18-20-10-11-25-27(16-20)48(3)30(50)28(29(25)35(40,41)42)24-9-5-7-22-21(6-4-8-23(22)24)17-26(31(51)52)46-32(53)33(36(43,44)45)12-14-49(15-13-33)19-34(37,38)39/h4-11,16,26H,12-15,17-19H2,1-3H3,(H,46,53)(H,51,52)/t26-/m0/s1. The Morgan fingerprint density at radius 1 is 0.906 bits per heavy atom. The fourth-order valence-electron chi connectivity index (χ4n) is 7.07. The predicted molar refractivity (Wildman–Crippen MR) is 178 cm³/mol. The Morgan fingerprint density at radius 3 is 2.09 bits per heavy atom. The second-order valence-corrected chi connectivity index (χ2v) is 13.6. The normalized spacial score (nSPS) is 16.3. The summed E-state index contributed by atoms with van der Waals surface area (Å²) in [5.41, 5.74) is -5.25. The van der Waals surface area contributed by atoms with E-state index in [1.807, 2.05) is 10.2 Å². The van der Waals surface area contributed by atoms with Crippen molar-refractivity contribution in [1.82, 2.24) is 19.7 Å². The van der Waals surface area contributed by atoms with Gasteiger partial charge in [0.1, 0.15) is 11.5 Å². The summed E-state index contributed by atoms with van der Waals surface area (Å²) >= 11 is 0. The van der Waals surface area contributed by atoms with Crippen molar-refractivity contribution in [3.8, 4) is 11.1 Å². The van der Waals surface area contributed by atoms with Gasteiger partial charge in [0.25, 0.3) is 5.56 Å². The highest BCUT2D eigenvalue weighted by Crippen LogP contribution is 2.47. The van der Waals surface area contributed by atoms with E-state index < -0.39 is 97.4 Å². The van der Waals surface area contributed by atoms with Crippen LogP contribution in [0.2, 0.25) is 0 Å². The molecule has 286 valence electrons. The third kappa shape index (κ3) is 8.00. The molecule has 1 aliphatic heterocycles. The average molecular weight is 759 g/mol. The van der Waals surface area contributed by atoms with Gasteiger partial charge in [0.15, 0.2) is 0 Å². The first-order chi connectivity index (χ1) is 24.5. The summed E-state index contributed by atoms with van der Waals surface area (Å²) in [6.07, 6.45) is -17.6. The van der Waals surface area contributed by atoms with E-state index in [0.717, 1.165) is 9.47 Å². The van der Waals surface area contributed by atoms with Crippen LogP contribution in [0, 0.1) is 5.41 Å². The Balaban J connectivity index is 1.55. The molecule has 8 nitrogen and oxygen atoms in total. The summed E-state index contributed by atoms with van der Waals surface area (Å²) in [6, 6.07) is 10.6. The molecular formula is C36H35F9N4O4. The number of piperidine rings is 1. The molecule has 1 saturated heterocycles. The zero-order valence-electron chi connectivity index (χ0n) is 28.6. The number of aromatic nitrogens is 1. The van der Waals surface area contributed by atoms with Gasteiger partial charge in [-0.3, -0.25) is 14.5 Å². The number of carbonyl (C=O) groups is 2. The number of halogens is 9. The van der Waals surface area contributed by atoms with E-state index in [2.05, 4.69) is 0 Å². The zero-order chi connectivity index (χ0) is 39.3. The number of likely N-dealkylation sites (tertiary alicyclic amines) is 1. The number of hydrogen-bond acceptors (Lipinski definition) is 5. The van der Waals surface area contributed by atoms with Crippen molar-refractivity contribution in [2.24, 2.45) is 12.5 Å². The third-order valence-corrected chi connectivity index (χ3v) is 9.64. The van der Waals surface area contributed by atoms with E-state index in [9.17, 15) is 59.0 Å². The second-order valence-electron chi connectivity index (χ2n) is 13.6. The number of benzene rings is 3. The molecule has 5 rings (SSSR count). The Bertz CT molecular complexity index is 2100. The first-order valence-corrected chi connectivity index (χ1v) is 16.3. The summed E-state index contributed by atoms with van der Waals surface area (Å²) in [4.78, 5) is 42.0. The lowest BCUT2D eigenvalue weighted by atomic mass is 9.76. The molecule has 3 aromatic carbocycles. The zero-order valence-corrected chi connectivity index (χ0v) is 28.6. The van der Waals surface area contributed by atoms with E-state index >= 15 is 0 Å². The predicted octanol–water partition coefficient (Wildman–Crippen LogP) is 6.76. The van der Waals surface area contributed by atoms with Gasteiger partial charge in [-0.2, -0.15) is 39.5 Å². The van der Waals surface area contributed by atoms with Gasteiger partial charge in [-0.05, 0) is 73.6 Å². The number of carbonyl (C=O) groups excluding carboxylic acids is 1. The van der Waals surface area contributed by atoms with Crippen molar-refractivity contribution in [3.05, 3.63) is 81.6 Å². The fourth-order valence-corrected chi connectivity index (χ4v) is 7.07. The first kappa shape index (κ1) is 39.6. The second kappa shape index (κ2) is 14.3. The molecule has 1 fully saturated rings. The Labute approximate surface area is 296 Å². The molecule has 0 unspecified atom stereocenters. The molecule has 1 aliphatic rings. The largest absolute Gasteiger partial charge is 0.480 e. The number of aliphatic carboxylic acids is 1. The first-order valence-electron chi connectivity index (χ1n) is 16.3. The third-order valence-electron chi connectivity index (χ3n) is 9.64. The van der Waals surface area contributed by atoms with Crippen LogP contribution >= 0.6 is 0 Å². The molecule has 53 heavy (non-hydrogen) atoms. The van der Waals surface area contributed by atoms with Crippen LogP contribution in [0.1, 0.15) is 29.5 Å². The number of nitrogens with zero attached hydrogens (tertiary/aromatic N) is 3. The lowest BCUT2D eigenvalue weighted by molar-refractivity contribution is -0.236. The minimum Gasteiger partial charge on any atom is -0.480 e. The molecule has 1 atom stereocenters. The molecule has 0 radical (unpaired) electrons. The van der Waals surface area contributed by atoms with Crippen LogP contribution in [0.4, 0.5) is 39.5 Å². The number of aryl methyl sites for hydroxylation is 1. The maximum atomic E-state index is 14.9. The van der Waals surface area contributed by atoms with Gasteiger partial charge in [0.05, 0.1) is 23.2 Å². The van der Waals surface area contributed by atoms with Crippen LogP contribution in [0.15, 0.2) is 59.4 Å². The lowest BCUT2D eigenvalue weighted by Gasteiger charge is -2.42. The number of alkyl halides is 9. The highest BCUT2D eigenvalue weighted by atomic mass is 19.4. The van der Waals surface area contributed by atoms with Crippen LogP contribution in [-0.2, 0) is 35.8 Å². The molecule has 2 N–H and O–H groups in total. The molecule has 1 amide bonds. The van der Waals surface area contributed by atoms with Crippen molar-refractivity contribution >= 4 is 33.6 Å². The summed E-state index contributed by atoms with van der Waals surface area (Å²) in [6.45, 7) is -2.52. The van der Waals surface area contributed by atoms with Crippen LogP contribution in [0.25, 0.3) is 32.8 Å². The number of hydrogen-bond donors (Lipinski definition) is 2. The van der Waals surface area contributed by atoms with Crippen molar-refractivity contribution in [2.45, 2.75) is 50.4 Å². The van der Waals surface area contributed by atoms with Crippen LogP contribution in [-0.4, -0.2) is 83.5 Å². The highest BCUT2D eigenvalue weighted by Gasteiger charge is 2.61. The van der Waals surface area contributed by atoms with E-state index in [0.29, 0.717) is 12.1 Å². The minimum absolute atomic E-state index is 0.0500. The fraction of sp³-hybridized carbons (Fsp3) is 0.417. The summed E-state index contributed by atoms with van der Waals surface area (Å²) in [5.74, 6) is -3.44. The Kier molecular flexibility index (Phi) is 10.7. The summed E-state index contributed by atoms with van der Waals surface area (Å²) in [5, 5.41) is 12.0. The van der Waals surface area contributed by atoms with Gasteiger partial charge in [0.2, 0.25) is 5.91 Å². The molecule has 2 heterocycles. The topological polar surface area (TPSA) is 94.9 Å². The van der Waals surface area contributed by atoms with Gasteiger partial charge < -0.3 is 19.9 Å². The van der Waals surface area contributed by atoms with Gasteiger partial charge in [-0.15, -0.1) is 0 Å². The lowest BCUT2D eigenvalue weighted by Crippen LogP contribution is -2.59. The van der Waals surface area contributed by atoms with Gasteiger partial charge >= 0.3 is 24.5 Å². The molecule has 0 spiro atoms. The van der Waals surface area contributed by atoms with Crippen LogP contribution in [0.5, 0.6) is 0 Å². The molecule has 0 saturated carbocycles. The van der Waals surface area contributed by atoms with E-state index in [1.165, 1.54) is 61.6 Å². The number of nitrogens with one attached hydrogen (secondary N) is 1. The quantitative estimate of drug-likeness (QED) is 0.184. The molecule has 0 aliphatic carbocycles. The smallest absolute Gasteiger partial charge is 0.417 e. The van der Waals surface area contributed by atoms with Crippen molar-refractivity contribution in [3.63, 3.8) is 0 Å². The molecule has 1 aromatic heterocycles. The Morgan fingerprint density at radius 2 is 1.53 bits per heavy atom. The SMILES string of the molecule is CN(C)Cc1ccc2c(C(F)(F)F)c(-c3cccc4c(C[C@H](NC(=O)C5(C(F)(F)F)CCN(CC(F)(F)F)CC5)C(=O)O)cccc34)c(=O)n(C)c2c1. The molecule has 0 bridgehead atoms. The summed E-state index contributed by atoms with van der Waals surface area (Å²) in [7, 11) is 4.91. The van der Waals surface area contributed by atoms with Crippen molar-refractivity contribution in [1.29, 1.82) is 0 Å². The number of rotatable bonds is 9. The van der Waals surface area contributed by atoms with Gasteiger partial charge in [0, 0.05) is 25.4 Å². The highest BCUT2D eigenvalue weighted by molar-refractivity contribution is 6.02. The maximum absolute atomic E-state index is 14.9. The van der Waals surface area contributed by atoms with Crippen molar-refractivity contribution in [2.75, 3.05) is 33.7 Å². The molecular weight excluding hydrogens is 723 g/mol.